The van der Waals surface area contributed by atoms with Crippen molar-refractivity contribution in [3.8, 4) is 0 Å². The van der Waals surface area contributed by atoms with Gasteiger partial charge in [0, 0.05) is 29.6 Å². The molecule has 0 aromatic carbocycles. The Balaban J connectivity index is 0. The van der Waals surface area contributed by atoms with Crippen molar-refractivity contribution >= 4 is 35.5 Å². The average molecular weight is 127 g/mol. The predicted molar refractivity (Wildman–Crippen MR) is 29.7 cm³/mol. The molecule has 8 heavy (non-hydrogen) atoms. The second-order valence-corrected chi connectivity index (χ2v) is 1.45. The molecule has 0 aliphatic carbocycles. The van der Waals surface area contributed by atoms with Gasteiger partial charge in [0.25, 0.3) is 0 Å². The first-order valence-corrected chi connectivity index (χ1v) is 2.03. The second-order valence-electron chi connectivity index (χ2n) is 1.45. The number of rotatable bonds is 2. The van der Waals surface area contributed by atoms with Gasteiger partial charge in [0.15, 0.2) is 0 Å². The van der Waals surface area contributed by atoms with Crippen LogP contribution in [0.1, 0.15) is 13.3 Å². The van der Waals surface area contributed by atoms with Crippen LogP contribution in [0, 0.1) is 0 Å². The van der Waals surface area contributed by atoms with Crippen LogP contribution in [0.15, 0.2) is 0 Å². The van der Waals surface area contributed by atoms with Crippen LogP contribution >= 0.6 is 0 Å². The molecule has 1 unspecified atom stereocenters. The first kappa shape index (κ1) is 11.3. The Morgan fingerprint density at radius 1 is 1.75 bits per heavy atom. The molecule has 0 amide bonds. The van der Waals surface area contributed by atoms with Gasteiger partial charge < -0.3 is 10.2 Å². The minimum Gasteiger partial charge on any atom is -0.481 e. The van der Waals surface area contributed by atoms with Gasteiger partial charge in [0.2, 0.25) is 0 Å². The maximum atomic E-state index is 9.65. The Kier molecular flexibility index (Phi) is 7.83. The molecule has 0 aliphatic rings. The molecule has 0 saturated carbocycles. The van der Waals surface area contributed by atoms with Crippen LogP contribution in [0.2, 0.25) is 0 Å². The van der Waals surface area contributed by atoms with E-state index in [4.69, 9.17) is 10.2 Å². The van der Waals surface area contributed by atoms with Crippen molar-refractivity contribution in [3.63, 3.8) is 0 Å². The zero-order valence-corrected chi connectivity index (χ0v) is 7.09. The number of carboxylic acids is 1. The second kappa shape index (κ2) is 5.56. The van der Waals surface area contributed by atoms with E-state index in [0.717, 1.165) is 0 Å². The molecule has 43 valence electrons. The zero-order chi connectivity index (χ0) is 5.86. The number of hydrogen-bond acceptors (Lipinski definition) is 2. The first-order valence-electron chi connectivity index (χ1n) is 2.03. The molecule has 0 heterocycles. The van der Waals surface area contributed by atoms with Crippen molar-refractivity contribution in [2.45, 2.75) is 19.4 Å². The summed E-state index contributed by atoms with van der Waals surface area (Å²) in [7, 11) is 0. The van der Waals surface area contributed by atoms with Crippen LogP contribution in [0.5, 0.6) is 0 Å². The van der Waals surface area contributed by atoms with Gasteiger partial charge in [-0.2, -0.15) is 0 Å². The Labute approximate surface area is 70.0 Å². The normalized spacial score (nSPS) is 11.8. The van der Waals surface area contributed by atoms with E-state index >= 15 is 0 Å². The Bertz CT molecular complexity index is 71.7. The number of carbonyl (C=O) groups is 1. The molecule has 1 radical (unpaired) electrons. The quantitative estimate of drug-likeness (QED) is 0.490. The molecule has 0 rings (SSSR count). The summed E-state index contributed by atoms with van der Waals surface area (Å²) in [6.45, 7) is 1.44. The van der Waals surface area contributed by atoms with Crippen molar-refractivity contribution in [1.29, 1.82) is 0 Å². The Morgan fingerprint density at radius 3 is 2.12 bits per heavy atom. The number of hydrogen-bond donors (Lipinski definition) is 2. The minimum atomic E-state index is -0.963. The zero-order valence-electron chi connectivity index (χ0n) is 5.09. The molecule has 0 saturated heterocycles. The fourth-order valence-corrected chi connectivity index (χ4v) is 0.253. The molecular formula is C4H8NaO3. The molecule has 4 heteroatoms. The summed E-state index contributed by atoms with van der Waals surface area (Å²) in [5, 5.41) is 16.3. The Hall–Kier alpha value is 0.430. The van der Waals surface area contributed by atoms with Gasteiger partial charge in [0.1, 0.15) is 0 Å². The van der Waals surface area contributed by atoms with Gasteiger partial charge in [-0.15, -0.1) is 0 Å². The van der Waals surface area contributed by atoms with E-state index in [1.54, 1.807) is 0 Å². The van der Waals surface area contributed by atoms with Crippen LogP contribution in [-0.2, 0) is 4.79 Å². The van der Waals surface area contributed by atoms with Gasteiger partial charge in [-0.05, 0) is 6.92 Å². The molecule has 0 fully saturated rings. The van der Waals surface area contributed by atoms with Crippen molar-refractivity contribution in [1.82, 2.24) is 0 Å². The monoisotopic (exact) mass is 127 g/mol. The van der Waals surface area contributed by atoms with Crippen molar-refractivity contribution in [2.24, 2.45) is 0 Å². The summed E-state index contributed by atoms with van der Waals surface area (Å²) >= 11 is 0. The first-order chi connectivity index (χ1) is 3.13. The molecule has 0 aromatic rings. The van der Waals surface area contributed by atoms with Crippen molar-refractivity contribution in [2.75, 3.05) is 0 Å². The third-order valence-corrected chi connectivity index (χ3v) is 0.470. The van der Waals surface area contributed by atoms with E-state index in [1.807, 2.05) is 0 Å². The van der Waals surface area contributed by atoms with E-state index in [1.165, 1.54) is 6.92 Å². The summed E-state index contributed by atoms with van der Waals surface area (Å²) in [4.78, 5) is 9.65. The van der Waals surface area contributed by atoms with E-state index in [2.05, 4.69) is 0 Å². The average Bonchev–Trinajstić information content (AvgIpc) is 1.27. The summed E-state index contributed by atoms with van der Waals surface area (Å²) in [6, 6.07) is 0. The van der Waals surface area contributed by atoms with Crippen LogP contribution in [-0.4, -0.2) is 51.8 Å². The van der Waals surface area contributed by atoms with E-state index < -0.39 is 12.1 Å². The molecule has 2 N–H and O–H groups in total. The molecule has 1 atom stereocenters. The van der Waals surface area contributed by atoms with Crippen LogP contribution in [0.4, 0.5) is 0 Å². The molecule has 3 nitrogen and oxygen atoms in total. The van der Waals surface area contributed by atoms with E-state index in [-0.39, 0.29) is 36.0 Å². The van der Waals surface area contributed by atoms with Crippen LogP contribution in [0.25, 0.3) is 0 Å². The van der Waals surface area contributed by atoms with Crippen molar-refractivity contribution < 1.29 is 15.0 Å². The smallest absolute Gasteiger partial charge is 0.305 e. The number of aliphatic carboxylic acids is 1. The molecule has 0 spiro atoms. The largest absolute Gasteiger partial charge is 0.481 e. The van der Waals surface area contributed by atoms with Crippen molar-refractivity contribution in [3.05, 3.63) is 0 Å². The third-order valence-electron chi connectivity index (χ3n) is 0.470. The van der Waals surface area contributed by atoms with E-state index in [9.17, 15) is 4.79 Å². The fourth-order valence-electron chi connectivity index (χ4n) is 0.253. The van der Waals surface area contributed by atoms with Gasteiger partial charge >= 0.3 is 5.97 Å². The maximum absolute atomic E-state index is 9.65. The van der Waals surface area contributed by atoms with Gasteiger partial charge in [-0.1, -0.05) is 0 Å². The minimum absolute atomic E-state index is 0. The van der Waals surface area contributed by atoms with Gasteiger partial charge in [0.05, 0.1) is 12.5 Å². The summed E-state index contributed by atoms with van der Waals surface area (Å²) in [6.07, 6.45) is -0.891. The molecule has 0 aromatic heterocycles. The number of aliphatic hydroxyl groups excluding tert-OH is 1. The van der Waals surface area contributed by atoms with Gasteiger partial charge in [-0.25, -0.2) is 0 Å². The van der Waals surface area contributed by atoms with E-state index in [0.29, 0.717) is 0 Å². The number of carboxylic acid groups (broad SMARTS) is 1. The topological polar surface area (TPSA) is 57.5 Å². The third kappa shape index (κ3) is 9.66. The number of aliphatic hydroxyl groups is 1. The van der Waals surface area contributed by atoms with Crippen LogP contribution < -0.4 is 0 Å². The Morgan fingerprint density at radius 2 is 2.12 bits per heavy atom. The van der Waals surface area contributed by atoms with Crippen LogP contribution in [0.3, 0.4) is 0 Å². The fraction of sp³-hybridized carbons (Fsp3) is 0.750. The summed E-state index contributed by atoms with van der Waals surface area (Å²) < 4.78 is 0. The molecular weight excluding hydrogens is 119 g/mol. The predicted octanol–water partition coefficient (Wildman–Crippen LogP) is -0.539. The molecule has 0 aliphatic heterocycles. The summed E-state index contributed by atoms with van der Waals surface area (Å²) in [5.41, 5.74) is 0. The maximum Gasteiger partial charge on any atom is 0.305 e. The van der Waals surface area contributed by atoms with Gasteiger partial charge in [-0.3, -0.25) is 4.79 Å². The standard InChI is InChI=1S/C4H8O3.Na/c1-3(5)2-4(6)7;/h3,5H,2H2,1H3,(H,6,7);. The summed E-state index contributed by atoms with van der Waals surface area (Å²) in [5.74, 6) is -0.963. The SMILES string of the molecule is CC(O)CC(=O)O.[Na]. The molecule has 0 bridgehead atoms.